The van der Waals surface area contributed by atoms with Crippen LogP contribution >= 0.6 is 0 Å². The quantitative estimate of drug-likeness (QED) is 0.578. The minimum absolute atomic E-state index is 0.0868. The summed E-state index contributed by atoms with van der Waals surface area (Å²) in [6, 6.07) is 0. The molecule has 0 aliphatic carbocycles. The van der Waals surface area contributed by atoms with Gasteiger partial charge in [-0.3, -0.25) is 4.18 Å². The molecule has 0 aromatic heterocycles. The van der Waals surface area contributed by atoms with E-state index >= 15 is 0 Å². The highest BCUT2D eigenvalue weighted by Crippen LogP contribution is 1.97. The molecule has 0 unspecified atom stereocenters. The zero-order chi connectivity index (χ0) is 11.0. The highest BCUT2D eigenvalue weighted by molar-refractivity contribution is 7.86. The molecule has 0 aromatic rings. The van der Waals surface area contributed by atoms with Crippen molar-refractivity contribution in [3.63, 3.8) is 0 Å². The molecule has 86 valence electrons. The lowest BCUT2D eigenvalue weighted by Gasteiger charge is -2.20. The van der Waals surface area contributed by atoms with E-state index in [1.165, 1.54) is 7.11 Å². The molecule has 0 amide bonds. The minimum atomic E-state index is -3.29. The molecule has 0 aliphatic rings. The second kappa shape index (κ2) is 7.20. The van der Waals surface area contributed by atoms with Crippen LogP contribution < -0.4 is 0 Å². The standard InChI is InChI=1S/C9H21NO3S/c1-4-6-10(7-5-2)8-9-14(11,12)13-3/h4-9H2,1-3H3. The fraction of sp³-hybridized carbons (Fsp3) is 1.00. The highest BCUT2D eigenvalue weighted by Gasteiger charge is 2.11. The number of hydrogen-bond donors (Lipinski definition) is 0. The third kappa shape index (κ3) is 6.34. The molecule has 0 spiro atoms. The van der Waals surface area contributed by atoms with Gasteiger partial charge in [-0.15, -0.1) is 0 Å². The third-order valence-electron chi connectivity index (χ3n) is 1.99. The maximum Gasteiger partial charge on any atom is 0.268 e. The summed E-state index contributed by atoms with van der Waals surface area (Å²) in [5, 5.41) is 0. The van der Waals surface area contributed by atoms with E-state index in [1.807, 2.05) is 0 Å². The van der Waals surface area contributed by atoms with E-state index < -0.39 is 10.1 Å². The number of rotatable bonds is 8. The molecular formula is C9H21NO3S. The Morgan fingerprint density at radius 1 is 1.07 bits per heavy atom. The number of nitrogens with zero attached hydrogens (tertiary/aromatic N) is 1. The first kappa shape index (κ1) is 13.9. The first-order valence-corrected chi connectivity index (χ1v) is 6.64. The molecule has 0 heterocycles. The van der Waals surface area contributed by atoms with Crippen molar-refractivity contribution >= 4 is 10.1 Å². The normalized spacial score (nSPS) is 12.3. The predicted octanol–water partition coefficient (Wildman–Crippen LogP) is 1.08. The van der Waals surface area contributed by atoms with Gasteiger partial charge >= 0.3 is 0 Å². The van der Waals surface area contributed by atoms with Gasteiger partial charge in [0.25, 0.3) is 10.1 Å². The van der Waals surface area contributed by atoms with Crippen molar-refractivity contribution in [2.24, 2.45) is 0 Å². The van der Waals surface area contributed by atoms with Crippen molar-refractivity contribution in [3.05, 3.63) is 0 Å². The van der Waals surface area contributed by atoms with Gasteiger partial charge in [-0.05, 0) is 25.9 Å². The van der Waals surface area contributed by atoms with Crippen LogP contribution in [0.2, 0.25) is 0 Å². The van der Waals surface area contributed by atoms with Crippen LogP contribution in [0.5, 0.6) is 0 Å². The van der Waals surface area contributed by atoms with Crippen molar-refractivity contribution in [2.75, 3.05) is 32.5 Å². The maximum atomic E-state index is 11.1. The summed E-state index contributed by atoms with van der Waals surface area (Å²) in [6.07, 6.45) is 2.10. The van der Waals surface area contributed by atoms with Crippen LogP contribution in [0.15, 0.2) is 0 Å². The molecule has 0 aliphatic heterocycles. The molecule has 0 saturated carbocycles. The van der Waals surface area contributed by atoms with Gasteiger partial charge in [-0.1, -0.05) is 13.8 Å². The van der Waals surface area contributed by atoms with Crippen LogP contribution in [0.1, 0.15) is 26.7 Å². The molecular weight excluding hydrogens is 202 g/mol. The first-order valence-electron chi connectivity index (χ1n) is 5.06. The Bertz CT molecular complexity index is 220. The van der Waals surface area contributed by atoms with Crippen molar-refractivity contribution in [1.82, 2.24) is 4.90 Å². The first-order chi connectivity index (χ1) is 6.55. The van der Waals surface area contributed by atoms with Crippen molar-refractivity contribution < 1.29 is 12.6 Å². The summed E-state index contributed by atoms with van der Waals surface area (Å²) in [5.74, 6) is 0.0868. The van der Waals surface area contributed by atoms with E-state index in [9.17, 15) is 8.42 Å². The molecule has 0 N–H and O–H groups in total. The maximum absolute atomic E-state index is 11.1. The van der Waals surface area contributed by atoms with E-state index in [4.69, 9.17) is 0 Å². The average Bonchev–Trinajstić information content (AvgIpc) is 2.15. The summed E-state index contributed by atoms with van der Waals surface area (Å²) in [5.41, 5.74) is 0. The van der Waals surface area contributed by atoms with Crippen molar-refractivity contribution in [1.29, 1.82) is 0 Å². The molecule has 5 heteroatoms. The van der Waals surface area contributed by atoms with Crippen LogP contribution in [0.25, 0.3) is 0 Å². The van der Waals surface area contributed by atoms with Gasteiger partial charge in [0.2, 0.25) is 0 Å². The molecule has 0 rings (SSSR count). The van der Waals surface area contributed by atoms with E-state index in [0.717, 1.165) is 25.9 Å². The predicted molar refractivity (Wildman–Crippen MR) is 57.8 cm³/mol. The summed E-state index contributed by atoms with van der Waals surface area (Å²) in [6.45, 7) is 6.65. The van der Waals surface area contributed by atoms with E-state index in [2.05, 4.69) is 22.9 Å². The Balaban J connectivity index is 3.92. The zero-order valence-electron chi connectivity index (χ0n) is 9.32. The Morgan fingerprint density at radius 3 is 1.93 bits per heavy atom. The SMILES string of the molecule is CCCN(CCC)CCS(=O)(=O)OC. The molecule has 0 fully saturated rings. The monoisotopic (exact) mass is 223 g/mol. The summed E-state index contributed by atoms with van der Waals surface area (Å²) < 4.78 is 26.5. The molecule has 14 heavy (non-hydrogen) atoms. The number of hydrogen-bond acceptors (Lipinski definition) is 4. The molecule has 0 saturated heterocycles. The van der Waals surface area contributed by atoms with Crippen LogP contribution in [-0.4, -0.2) is 45.8 Å². The third-order valence-corrected chi connectivity index (χ3v) is 3.18. The fourth-order valence-electron chi connectivity index (χ4n) is 1.29. The van der Waals surface area contributed by atoms with Gasteiger partial charge in [0.05, 0.1) is 12.9 Å². The Kier molecular flexibility index (Phi) is 7.13. The lowest BCUT2D eigenvalue weighted by atomic mass is 10.3. The summed E-state index contributed by atoms with van der Waals surface area (Å²) in [4.78, 5) is 2.15. The van der Waals surface area contributed by atoms with Gasteiger partial charge in [-0.2, -0.15) is 8.42 Å². The molecule has 0 radical (unpaired) electrons. The largest absolute Gasteiger partial charge is 0.302 e. The van der Waals surface area contributed by atoms with Gasteiger partial charge < -0.3 is 4.90 Å². The second-order valence-electron chi connectivity index (χ2n) is 3.27. The van der Waals surface area contributed by atoms with Gasteiger partial charge in [0, 0.05) is 6.54 Å². The molecule has 4 nitrogen and oxygen atoms in total. The van der Waals surface area contributed by atoms with Gasteiger partial charge in [0.1, 0.15) is 0 Å². The Morgan fingerprint density at radius 2 is 1.57 bits per heavy atom. The lowest BCUT2D eigenvalue weighted by molar-refractivity contribution is 0.285. The molecule has 0 aromatic carbocycles. The van der Waals surface area contributed by atoms with Crippen LogP contribution in [-0.2, 0) is 14.3 Å². The van der Waals surface area contributed by atoms with Crippen molar-refractivity contribution in [2.45, 2.75) is 26.7 Å². The second-order valence-corrected chi connectivity index (χ2v) is 5.13. The van der Waals surface area contributed by atoms with Gasteiger partial charge in [-0.25, -0.2) is 0 Å². The smallest absolute Gasteiger partial charge is 0.268 e. The average molecular weight is 223 g/mol. The van der Waals surface area contributed by atoms with Crippen LogP contribution in [0.4, 0.5) is 0 Å². The summed E-state index contributed by atoms with van der Waals surface area (Å²) in [7, 11) is -2.09. The molecule has 0 bridgehead atoms. The lowest BCUT2D eigenvalue weighted by Crippen LogP contribution is -2.31. The topological polar surface area (TPSA) is 46.6 Å². The Labute approximate surface area is 87.4 Å². The molecule has 0 atom stereocenters. The van der Waals surface area contributed by atoms with Crippen LogP contribution in [0, 0.1) is 0 Å². The zero-order valence-corrected chi connectivity index (χ0v) is 10.1. The van der Waals surface area contributed by atoms with E-state index in [0.29, 0.717) is 6.54 Å². The van der Waals surface area contributed by atoms with E-state index in [1.54, 1.807) is 0 Å². The highest BCUT2D eigenvalue weighted by atomic mass is 32.2. The fourth-order valence-corrected chi connectivity index (χ4v) is 1.94. The minimum Gasteiger partial charge on any atom is -0.302 e. The van der Waals surface area contributed by atoms with Gasteiger partial charge in [0.15, 0.2) is 0 Å². The van der Waals surface area contributed by atoms with Crippen LogP contribution in [0.3, 0.4) is 0 Å². The Hall–Kier alpha value is -0.130. The van der Waals surface area contributed by atoms with Crippen molar-refractivity contribution in [3.8, 4) is 0 Å². The van der Waals surface area contributed by atoms with E-state index in [-0.39, 0.29) is 5.75 Å². The summed E-state index contributed by atoms with van der Waals surface area (Å²) >= 11 is 0.